The lowest BCUT2D eigenvalue weighted by Gasteiger charge is -2.28. The molecular formula is C10H18N6O. The van der Waals surface area contributed by atoms with Crippen LogP contribution in [0, 0.1) is 5.41 Å². The monoisotopic (exact) mass is 238 g/mol. The first-order chi connectivity index (χ1) is 8.04. The smallest absolute Gasteiger partial charge is 0.228 e. The van der Waals surface area contributed by atoms with Crippen molar-refractivity contribution >= 4 is 5.91 Å². The number of nitrogens with one attached hydrogen (secondary N) is 2. The summed E-state index contributed by atoms with van der Waals surface area (Å²) in [5.74, 6) is 0.452. The minimum atomic E-state index is -0.474. The maximum absolute atomic E-state index is 12.2. The molecule has 0 radical (unpaired) electrons. The third-order valence-electron chi connectivity index (χ3n) is 3.64. The van der Waals surface area contributed by atoms with E-state index in [4.69, 9.17) is 5.73 Å². The van der Waals surface area contributed by atoms with E-state index >= 15 is 0 Å². The van der Waals surface area contributed by atoms with Gasteiger partial charge in [0.15, 0.2) is 5.82 Å². The number of carbonyl (C=O) groups excluding carboxylic acids is 1. The summed E-state index contributed by atoms with van der Waals surface area (Å²) in [5, 5.41) is 16.4. The number of tetrazole rings is 1. The molecular weight excluding hydrogens is 220 g/mol. The molecule has 1 saturated carbocycles. The summed E-state index contributed by atoms with van der Waals surface area (Å²) in [7, 11) is 0. The van der Waals surface area contributed by atoms with Crippen LogP contribution in [0.4, 0.5) is 0 Å². The van der Waals surface area contributed by atoms with Crippen LogP contribution in [0.25, 0.3) is 0 Å². The predicted molar refractivity (Wildman–Crippen MR) is 60.7 cm³/mol. The highest BCUT2D eigenvalue weighted by Crippen LogP contribution is 2.37. The number of nitrogens with zero attached hydrogens (tertiary/aromatic N) is 3. The van der Waals surface area contributed by atoms with Gasteiger partial charge in [-0.1, -0.05) is 11.6 Å². The molecule has 7 nitrogen and oxygen atoms in total. The van der Waals surface area contributed by atoms with E-state index in [0.29, 0.717) is 5.82 Å². The van der Waals surface area contributed by atoms with Gasteiger partial charge in [0.1, 0.15) is 0 Å². The minimum absolute atomic E-state index is 0.0280. The molecule has 2 rings (SSSR count). The third kappa shape index (κ3) is 2.14. The van der Waals surface area contributed by atoms with Gasteiger partial charge >= 0.3 is 0 Å². The van der Waals surface area contributed by atoms with Gasteiger partial charge in [-0.2, -0.15) is 5.21 Å². The first kappa shape index (κ1) is 12.0. The summed E-state index contributed by atoms with van der Waals surface area (Å²) in [6.07, 6.45) is 2.74. The Morgan fingerprint density at radius 1 is 1.71 bits per heavy atom. The summed E-state index contributed by atoms with van der Waals surface area (Å²) < 4.78 is 0. The van der Waals surface area contributed by atoms with Crippen LogP contribution in [0.15, 0.2) is 0 Å². The van der Waals surface area contributed by atoms with Crippen LogP contribution >= 0.6 is 0 Å². The summed E-state index contributed by atoms with van der Waals surface area (Å²) in [5.41, 5.74) is 5.52. The predicted octanol–water partition coefficient (Wildman–Crippen LogP) is -0.106. The number of amides is 1. The molecule has 0 bridgehead atoms. The average Bonchev–Trinajstić information content (AvgIpc) is 2.90. The molecule has 1 heterocycles. The molecule has 3 unspecified atom stereocenters. The number of nitrogens with two attached hydrogens (primary N) is 1. The molecule has 0 aliphatic heterocycles. The second-order valence-corrected chi connectivity index (χ2v) is 4.88. The van der Waals surface area contributed by atoms with E-state index in [0.717, 1.165) is 19.3 Å². The number of hydrogen-bond acceptors (Lipinski definition) is 5. The Morgan fingerprint density at radius 3 is 3.00 bits per heavy atom. The van der Waals surface area contributed by atoms with Crippen molar-refractivity contribution in [2.24, 2.45) is 11.1 Å². The second kappa shape index (κ2) is 4.40. The van der Waals surface area contributed by atoms with Crippen LogP contribution < -0.4 is 11.1 Å². The zero-order chi connectivity index (χ0) is 12.5. The SMILES string of the molecule is CC(NC(=O)C1(C)CCCC1N)c1nn[nH]n1. The van der Waals surface area contributed by atoms with E-state index in [-0.39, 0.29) is 18.0 Å². The fourth-order valence-electron chi connectivity index (χ4n) is 2.25. The molecule has 0 aromatic carbocycles. The molecule has 1 aliphatic carbocycles. The van der Waals surface area contributed by atoms with Gasteiger partial charge in [-0.05, 0) is 26.7 Å². The molecule has 1 aliphatic rings. The molecule has 1 aromatic heterocycles. The lowest BCUT2D eigenvalue weighted by atomic mass is 9.84. The highest BCUT2D eigenvalue weighted by atomic mass is 16.2. The van der Waals surface area contributed by atoms with Gasteiger partial charge in [-0.3, -0.25) is 4.79 Å². The van der Waals surface area contributed by atoms with Crippen LogP contribution in [0.1, 0.15) is 45.0 Å². The molecule has 94 valence electrons. The lowest BCUT2D eigenvalue weighted by molar-refractivity contribution is -0.131. The normalized spacial score (nSPS) is 30.2. The van der Waals surface area contributed by atoms with E-state index in [1.165, 1.54) is 0 Å². The number of carbonyl (C=O) groups is 1. The summed E-state index contributed by atoms with van der Waals surface area (Å²) >= 11 is 0. The van der Waals surface area contributed by atoms with E-state index in [1.54, 1.807) is 0 Å². The maximum atomic E-state index is 12.2. The first-order valence-electron chi connectivity index (χ1n) is 5.84. The molecule has 17 heavy (non-hydrogen) atoms. The van der Waals surface area contributed by atoms with Gasteiger partial charge in [-0.15, -0.1) is 10.2 Å². The largest absolute Gasteiger partial charge is 0.346 e. The highest BCUT2D eigenvalue weighted by Gasteiger charge is 2.43. The Kier molecular flexibility index (Phi) is 3.10. The van der Waals surface area contributed by atoms with Crippen LogP contribution in [-0.4, -0.2) is 32.6 Å². The second-order valence-electron chi connectivity index (χ2n) is 4.88. The quantitative estimate of drug-likeness (QED) is 0.681. The molecule has 1 aromatic rings. The van der Waals surface area contributed by atoms with Gasteiger partial charge in [0.2, 0.25) is 5.91 Å². The van der Waals surface area contributed by atoms with Crippen molar-refractivity contribution in [2.75, 3.05) is 0 Å². The number of aromatic amines is 1. The van der Waals surface area contributed by atoms with Gasteiger partial charge in [0.05, 0.1) is 11.5 Å². The lowest BCUT2D eigenvalue weighted by Crippen LogP contribution is -2.48. The first-order valence-corrected chi connectivity index (χ1v) is 5.84. The zero-order valence-electron chi connectivity index (χ0n) is 10.1. The van der Waals surface area contributed by atoms with Crippen LogP contribution in [0.5, 0.6) is 0 Å². The summed E-state index contributed by atoms with van der Waals surface area (Å²) in [4.78, 5) is 12.2. The van der Waals surface area contributed by atoms with Gasteiger partial charge in [0, 0.05) is 6.04 Å². The molecule has 1 amide bonds. The molecule has 3 atom stereocenters. The Labute approximate surface area is 99.5 Å². The number of aromatic nitrogens is 4. The number of rotatable bonds is 3. The number of H-pyrrole nitrogens is 1. The standard InChI is InChI=1S/C10H18N6O/c1-6(8-13-15-16-14-8)12-9(17)10(2)5-3-4-7(10)11/h6-7H,3-5,11H2,1-2H3,(H,12,17)(H,13,14,15,16). The van der Waals surface area contributed by atoms with Crippen LogP contribution in [-0.2, 0) is 4.79 Å². The van der Waals surface area contributed by atoms with Gasteiger partial charge < -0.3 is 11.1 Å². The van der Waals surface area contributed by atoms with Crippen molar-refractivity contribution in [1.82, 2.24) is 25.9 Å². The maximum Gasteiger partial charge on any atom is 0.228 e. The molecule has 0 saturated heterocycles. The fourth-order valence-corrected chi connectivity index (χ4v) is 2.25. The molecule has 1 fully saturated rings. The van der Waals surface area contributed by atoms with E-state index in [9.17, 15) is 4.79 Å². The third-order valence-corrected chi connectivity index (χ3v) is 3.64. The van der Waals surface area contributed by atoms with Crippen molar-refractivity contribution in [3.8, 4) is 0 Å². The van der Waals surface area contributed by atoms with Crippen LogP contribution in [0.2, 0.25) is 0 Å². The van der Waals surface area contributed by atoms with Crippen molar-refractivity contribution in [2.45, 2.75) is 45.2 Å². The Balaban J connectivity index is 2.02. The van der Waals surface area contributed by atoms with E-state index in [1.807, 2.05) is 13.8 Å². The number of hydrogen-bond donors (Lipinski definition) is 3. The average molecular weight is 238 g/mol. The molecule has 4 N–H and O–H groups in total. The van der Waals surface area contributed by atoms with Crippen molar-refractivity contribution < 1.29 is 4.79 Å². The van der Waals surface area contributed by atoms with Crippen molar-refractivity contribution in [3.05, 3.63) is 5.82 Å². The highest BCUT2D eigenvalue weighted by molar-refractivity contribution is 5.83. The zero-order valence-corrected chi connectivity index (χ0v) is 10.1. The van der Waals surface area contributed by atoms with E-state index < -0.39 is 5.41 Å². The molecule has 7 heteroatoms. The summed E-state index contributed by atoms with van der Waals surface area (Å²) in [6.45, 7) is 3.75. The Hall–Kier alpha value is -1.50. The van der Waals surface area contributed by atoms with E-state index in [2.05, 4.69) is 25.9 Å². The molecule has 0 spiro atoms. The Morgan fingerprint density at radius 2 is 2.47 bits per heavy atom. The van der Waals surface area contributed by atoms with Gasteiger partial charge in [-0.25, -0.2) is 0 Å². The van der Waals surface area contributed by atoms with Crippen LogP contribution in [0.3, 0.4) is 0 Å². The Bertz CT molecular complexity index is 392. The minimum Gasteiger partial charge on any atom is -0.346 e. The van der Waals surface area contributed by atoms with Crippen molar-refractivity contribution in [3.63, 3.8) is 0 Å². The van der Waals surface area contributed by atoms with Gasteiger partial charge in [0.25, 0.3) is 0 Å². The topological polar surface area (TPSA) is 110 Å². The fraction of sp³-hybridized carbons (Fsp3) is 0.800. The van der Waals surface area contributed by atoms with Crippen molar-refractivity contribution in [1.29, 1.82) is 0 Å². The summed E-state index contributed by atoms with van der Waals surface area (Å²) in [6, 6.07) is -0.328.